The Kier molecular flexibility index (Phi) is 5.16. The van der Waals surface area contributed by atoms with Crippen molar-refractivity contribution < 1.29 is 23.5 Å². The van der Waals surface area contributed by atoms with E-state index in [0.29, 0.717) is 19.4 Å². The Hall–Kier alpha value is -2.63. The van der Waals surface area contributed by atoms with Gasteiger partial charge in [0.15, 0.2) is 5.76 Å². The van der Waals surface area contributed by atoms with Crippen LogP contribution in [0.3, 0.4) is 0 Å². The lowest BCUT2D eigenvalue weighted by molar-refractivity contribution is 0.0694. The number of aryl methyl sites for hydroxylation is 2. The molecule has 0 saturated heterocycles. The van der Waals surface area contributed by atoms with Crippen molar-refractivity contribution in [2.75, 3.05) is 6.54 Å². The fraction of sp³-hybridized carbons (Fsp3) is 0.294. The lowest BCUT2D eigenvalue weighted by Crippen LogP contribution is -2.25. The molecule has 5 nitrogen and oxygen atoms in total. The summed E-state index contributed by atoms with van der Waals surface area (Å²) >= 11 is 0. The average Bonchev–Trinajstić information content (AvgIpc) is 2.94. The zero-order valence-corrected chi connectivity index (χ0v) is 13.0. The fourth-order valence-electron chi connectivity index (χ4n) is 2.32. The first-order valence-electron chi connectivity index (χ1n) is 7.31. The van der Waals surface area contributed by atoms with Gasteiger partial charge in [0.2, 0.25) is 0 Å². The Morgan fingerprint density at radius 1 is 1.30 bits per heavy atom. The number of carboxylic acids is 1. The fourth-order valence-corrected chi connectivity index (χ4v) is 2.32. The van der Waals surface area contributed by atoms with E-state index in [4.69, 9.17) is 9.52 Å². The molecule has 0 atom stereocenters. The van der Waals surface area contributed by atoms with E-state index < -0.39 is 11.9 Å². The maximum absolute atomic E-state index is 13.0. The highest BCUT2D eigenvalue weighted by Gasteiger charge is 2.19. The van der Waals surface area contributed by atoms with Crippen LogP contribution < -0.4 is 5.32 Å². The van der Waals surface area contributed by atoms with E-state index in [2.05, 4.69) is 5.32 Å². The van der Waals surface area contributed by atoms with Crippen LogP contribution in [0, 0.1) is 12.7 Å². The van der Waals surface area contributed by atoms with Crippen molar-refractivity contribution in [3.8, 4) is 0 Å². The second-order valence-corrected chi connectivity index (χ2v) is 5.18. The molecule has 0 saturated carbocycles. The molecule has 1 heterocycles. The maximum atomic E-state index is 13.0. The highest BCUT2D eigenvalue weighted by atomic mass is 19.1. The van der Waals surface area contributed by atoms with Crippen molar-refractivity contribution in [2.45, 2.75) is 26.7 Å². The molecule has 0 bridgehead atoms. The third kappa shape index (κ3) is 3.97. The molecule has 0 fully saturated rings. The Morgan fingerprint density at radius 3 is 2.61 bits per heavy atom. The molecular formula is C17H18FNO4. The number of aromatic carboxylic acids is 1. The molecular weight excluding hydrogens is 301 g/mol. The number of carbonyl (C=O) groups is 2. The monoisotopic (exact) mass is 319 g/mol. The number of carbonyl (C=O) groups excluding carboxylic acids is 1. The number of carboxylic acid groups (broad SMARTS) is 1. The molecule has 0 aliphatic rings. The van der Waals surface area contributed by atoms with E-state index in [-0.39, 0.29) is 22.9 Å². The Bertz CT molecular complexity index is 736. The zero-order valence-electron chi connectivity index (χ0n) is 13.0. The second kappa shape index (κ2) is 7.09. The van der Waals surface area contributed by atoms with Gasteiger partial charge >= 0.3 is 5.97 Å². The van der Waals surface area contributed by atoms with E-state index in [1.54, 1.807) is 19.9 Å². The van der Waals surface area contributed by atoms with Crippen LogP contribution in [0.25, 0.3) is 0 Å². The summed E-state index contributed by atoms with van der Waals surface area (Å²) in [5, 5.41) is 11.7. The Balaban J connectivity index is 1.98. The van der Waals surface area contributed by atoms with Gasteiger partial charge in [0, 0.05) is 19.0 Å². The quantitative estimate of drug-likeness (QED) is 0.858. The number of benzene rings is 1. The summed E-state index contributed by atoms with van der Waals surface area (Å²) in [5.74, 6) is -1.62. The summed E-state index contributed by atoms with van der Waals surface area (Å²) in [5.41, 5.74) is 1.76. The minimum absolute atomic E-state index is 0.00651. The summed E-state index contributed by atoms with van der Waals surface area (Å²) in [7, 11) is 0. The molecule has 0 aliphatic heterocycles. The summed E-state index contributed by atoms with van der Waals surface area (Å²) < 4.78 is 18.3. The van der Waals surface area contributed by atoms with Gasteiger partial charge in [-0.05, 0) is 36.6 Å². The zero-order chi connectivity index (χ0) is 17.0. The lowest BCUT2D eigenvalue weighted by Gasteiger charge is -2.06. The lowest BCUT2D eigenvalue weighted by atomic mass is 10.1. The molecule has 2 aromatic rings. The highest BCUT2D eigenvalue weighted by Crippen LogP contribution is 2.16. The van der Waals surface area contributed by atoms with Gasteiger partial charge in [-0.2, -0.15) is 0 Å². The third-order valence-electron chi connectivity index (χ3n) is 3.57. The summed E-state index contributed by atoms with van der Waals surface area (Å²) in [6.07, 6.45) is 0.939. The van der Waals surface area contributed by atoms with Gasteiger partial charge in [-0.25, -0.2) is 9.18 Å². The van der Waals surface area contributed by atoms with Crippen LogP contribution in [-0.2, 0) is 12.8 Å². The number of hydrogen-bond acceptors (Lipinski definition) is 3. The van der Waals surface area contributed by atoms with E-state index in [1.807, 2.05) is 0 Å². The van der Waals surface area contributed by atoms with Crippen LogP contribution in [-0.4, -0.2) is 23.5 Å². The van der Waals surface area contributed by atoms with Crippen LogP contribution in [0.15, 0.2) is 28.7 Å². The smallest absolute Gasteiger partial charge is 0.339 e. The summed E-state index contributed by atoms with van der Waals surface area (Å²) in [4.78, 5) is 23.1. The first-order chi connectivity index (χ1) is 10.9. The van der Waals surface area contributed by atoms with Crippen molar-refractivity contribution in [3.05, 3.63) is 58.3 Å². The van der Waals surface area contributed by atoms with Gasteiger partial charge in [-0.15, -0.1) is 0 Å². The summed E-state index contributed by atoms with van der Waals surface area (Å²) in [6, 6.07) is 5.74. The predicted molar refractivity (Wildman–Crippen MR) is 82.2 cm³/mol. The number of halogens is 1. The molecule has 6 heteroatoms. The first kappa shape index (κ1) is 16.7. The van der Waals surface area contributed by atoms with E-state index in [9.17, 15) is 14.0 Å². The molecule has 1 amide bonds. The molecule has 2 N–H and O–H groups in total. The predicted octanol–water partition coefficient (Wildman–Crippen LogP) is 2.96. The van der Waals surface area contributed by atoms with Gasteiger partial charge in [-0.1, -0.05) is 13.0 Å². The molecule has 23 heavy (non-hydrogen) atoms. The minimum atomic E-state index is -1.12. The molecule has 0 spiro atoms. The van der Waals surface area contributed by atoms with Gasteiger partial charge in [0.1, 0.15) is 17.1 Å². The number of rotatable bonds is 6. The van der Waals surface area contributed by atoms with Gasteiger partial charge < -0.3 is 14.8 Å². The third-order valence-corrected chi connectivity index (χ3v) is 3.57. The average molecular weight is 319 g/mol. The molecule has 0 radical (unpaired) electrons. The summed E-state index contributed by atoms with van der Waals surface area (Å²) in [6.45, 7) is 3.90. The second-order valence-electron chi connectivity index (χ2n) is 5.18. The Labute approximate surface area is 133 Å². The van der Waals surface area contributed by atoms with Gasteiger partial charge in [-0.3, -0.25) is 4.79 Å². The van der Waals surface area contributed by atoms with E-state index in [1.165, 1.54) is 18.2 Å². The number of furan rings is 1. The number of amides is 1. The molecule has 122 valence electrons. The van der Waals surface area contributed by atoms with Crippen molar-refractivity contribution >= 4 is 11.9 Å². The largest absolute Gasteiger partial charge is 0.478 e. The number of nitrogens with one attached hydrogen (secondary N) is 1. The standard InChI is InChI=1S/C17H18FNO4/c1-3-14-13(17(21)22)9-15(23-14)16(20)19-7-6-11-4-5-12(18)8-10(11)2/h4-5,8-9H,3,6-7H2,1-2H3,(H,19,20)(H,21,22). The van der Waals surface area contributed by atoms with Crippen LogP contribution in [0.4, 0.5) is 4.39 Å². The normalized spacial score (nSPS) is 10.6. The molecule has 0 unspecified atom stereocenters. The van der Waals surface area contributed by atoms with Crippen LogP contribution in [0.5, 0.6) is 0 Å². The minimum Gasteiger partial charge on any atom is -0.478 e. The van der Waals surface area contributed by atoms with Crippen molar-refractivity contribution in [1.29, 1.82) is 0 Å². The molecule has 1 aromatic heterocycles. The van der Waals surface area contributed by atoms with Gasteiger partial charge in [0.25, 0.3) is 5.91 Å². The van der Waals surface area contributed by atoms with Crippen molar-refractivity contribution in [3.63, 3.8) is 0 Å². The van der Waals surface area contributed by atoms with Crippen molar-refractivity contribution in [1.82, 2.24) is 5.32 Å². The SMILES string of the molecule is CCc1oc(C(=O)NCCc2ccc(F)cc2C)cc1C(=O)O. The van der Waals surface area contributed by atoms with Crippen molar-refractivity contribution in [2.24, 2.45) is 0 Å². The number of hydrogen-bond donors (Lipinski definition) is 2. The molecule has 2 rings (SSSR count). The maximum Gasteiger partial charge on any atom is 0.339 e. The van der Waals surface area contributed by atoms with Crippen LogP contribution in [0.1, 0.15) is 44.7 Å². The highest BCUT2D eigenvalue weighted by molar-refractivity contribution is 5.96. The molecule has 0 aliphatic carbocycles. The van der Waals surface area contributed by atoms with E-state index >= 15 is 0 Å². The Morgan fingerprint density at radius 2 is 2.04 bits per heavy atom. The van der Waals surface area contributed by atoms with Gasteiger partial charge in [0.05, 0.1) is 0 Å². The topological polar surface area (TPSA) is 79.5 Å². The molecule has 1 aromatic carbocycles. The first-order valence-corrected chi connectivity index (χ1v) is 7.31. The van der Waals surface area contributed by atoms with Crippen LogP contribution in [0.2, 0.25) is 0 Å². The van der Waals surface area contributed by atoms with E-state index in [0.717, 1.165) is 11.1 Å². The van der Waals surface area contributed by atoms with Crippen LogP contribution >= 0.6 is 0 Å².